The molecule has 0 unspecified atom stereocenters. The Labute approximate surface area is 190 Å². The van der Waals surface area contributed by atoms with Crippen LogP contribution < -0.4 is 14.8 Å². The maximum Gasteiger partial charge on any atom is 0.328 e. The highest BCUT2D eigenvalue weighted by Gasteiger charge is 2.31. The van der Waals surface area contributed by atoms with Crippen molar-refractivity contribution >= 4 is 12.0 Å². The van der Waals surface area contributed by atoms with E-state index in [4.69, 9.17) is 9.47 Å². The number of rotatable bonds is 11. The Hall–Kier alpha value is -3.22. The van der Waals surface area contributed by atoms with E-state index in [1.807, 2.05) is 37.3 Å². The van der Waals surface area contributed by atoms with E-state index in [2.05, 4.69) is 17.4 Å². The van der Waals surface area contributed by atoms with Crippen molar-refractivity contribution in [2.75, 3.05) is 20.8 Å². The van der Waals surface area contributed by atoms with Gasteiger partial charge in [0.25, 0.3) is 0 Å². The van der Waals surface area contributed by atoms with Crippen LogP contribution in [0.1, 0.15) is 43.4 Å². The summed E-state index contributed by atoms with van der Waals surface area (Å²) in [5, 5.41) is 12.0. The number of amides is 2. The van der Waals surface area contributed by atoms with Gasteiger partial charge >= 0.3 is 12.0 Å². The molecule has 0 heterocycles. The summed E-state index contributed by atoms with van der Waals surface area (Å²) in [6.45, 7) is 5.65. The first-order valence-electron chi connectivity index (χ1n) is 10.7. The van der Waals surface area contributed by atoms with Gasteiger partial charge in [-0.2, -0.15) is 0 Å². The molecule has 2 rings (SSSR count). The van der Waals surface area contributed by atoms with Crippen molar-refractivity contribution in [2.45, 2.75) is 52.1 Å². The monoisotopic (exact) mass is 442 g/mol. The van der Waals surface area contributed by atoms with Gasteiger partial charge in [0.2, 0.25) is 0 Å². The molecule has 0 aliphatic rings. The number of nitrogens with zero attached hydrogens (tertiary/aromatic N) is 1. The number of methoxy groups -OCH3 is 2. The Bertz CT molecular complexity index is 887. The van der Waals surface area contributed by atoms with Crippen LogP contribution in [-0.4, -0.2) is 48.3 Å². The number of carbonyl (C=O) groups is 2. The number of carbonyl (C=O) groups excluding carboxylic acids is 1. The molecule has 0 atom stereocenters. The molecule has 7 heteroatoms. The number of aryl methyl sites for hydroxylation is 1. The number of ether oxygens (including phenoxy) is 2. The maximum atomic E-state index is 13.0. The summed E-state index contributed by atoms with van der Waals surface area (Å²) in [7, 11) is 3.18. The Balaban J connectivity index is 2.15. The van der Waals surface area contributed by atoms with Crippen LogP contribution >= 0.6 is 0 Å². The van der Waals surface area contributed by atoms with Gasteiger partial charge in [0, 0.05) is 18.7 Å². The Morgan fingerprint density at radius 1 is 1.00 bits per heavy atom. The second-order valence-electron chi connectivity index (χ2n) is 8.35. The van der Waals surface area contributed by atoms with Crippen LogP contribution in [0.25, 0.3) is 0 Å². The molecule has 0 bridgehead atoms. The van der Waals surface area contributed by atoms with E-state index in [0.717, 1.165) is 30.4 Å². The van der Waals surface area contributed by atoms with Crippen LogP contribution in [0.15, 0.2) is 42.5 Å². The average Bonchev–Trinajstić information content (AvgIpc) is 2.76. The molecule has 0 radical (unpaired) electrons. The summed E-state index contributed by atoms with van der Waals surface area (Å²) < 4.78 is 10.9. The highest BCUT2D eigenvalue weighted by atomic mass is 16.5. The molecule has 2 N–H and O–H groups in total. The first-order chi connectivity index (χ1) is 15.2. The van der Waals surface area contributed by atoms with Crippen LogP contribution in [0.5, 0.6) is 11.5 Å². The van der Waals surface area contributed by atoms with E-state index >= 15 is 0 Å². The van der Waals surface area contributed by atoms with Crippen molar-refractivity contribution in [3.63, 3.8) is 0 Å². The molecule has 2 aromatic rings. The van der Waals surface area contributed by atoms with Gasteiger partial charge < -0.3 is 24.8 Å². The molecule has 0 fully saturated rings. The molecule has 0 aliphatic heterocycles. The van der Waals surface area contributed by atoms with Crippen molar-refractivity contribution in [3.8, 4) is 11.5 Å². The lowest BCUT2D eigenvalue weighted by Crippen LogP contribution is -2.54. The zero-order valence-electron chi connectivity index (χ0n) is 19.6. The lowest BCUT2D eigenvalue weighted by molar-refractivity contribution is -0.143. The predicted octanol–water partition coefficient (Wildman–Crippen LogP) is 4.41. The average molecular weight is 443 g/mol. The van der Waals surface area contributed by atoms with Crippen LogP contribution in [0.4, 0.5) is 4.79 Å². The fourth-order valence-corrected chi connectivity index (χ4v) is 3.38. The number of hydrogen-bond acceptors (Lipinski definition) is 4. The lowest BCUT2D eigenvalue weighted by Gasteiger charge is -2.29. The van der Waals surface area contributed by atoms with Gasteiger partial charge in [-0.1, -0.05) is 30.3 Å². The van der Waals surface area contributed by atoms with E-state index in [1.165, 1.54) is 19.4 Å². The zero-order valence-corrected chi connectivity index (χ0v) is 19.6. The molecule has 32 heavy (non-hydrogen) atoms. The molecule has 174 valence electrons. The van der Waals surface area contributed by atoms with Crippen molar-refractivity contribution < 1.29 is 24.2 Å². The molecular weight excluding hydrogens is 408 g/mol. The summed E-state index contributed by atoms with van der Waals surface area (Å²) in [4.78, 5) is 26.1. The number of carboxylic acid groups (broad SMARTS) is 1. The molecular formula is C25H34N2O5. The van der Waals surface area contributed by atoms with Crippen LogP contribution in [0.2, 0.25) is 0 Å². The standard InChI is InChI=1S/C25H34N2O5/c1-18-21(31-4)15-20(16-22(18)32-5)17-27(24(30)26-25(2,3)23(28)29)14-10-9-13-19-11-7-6-8-12-19/h6-8,11-12,15-16H,9-10,13-14,17H2,1-5H3,(H,26,30)(H,28,29). The molecule has 2 amide bonds. The largest absolute Gasteiger partial charge is 0.496 e. The van der Waals surface area contributed by atoms with Gasteiger partial charge in [0.15, 0.2) is 0 Å². The van der Waals surface area contributed by atoms with Gasteiger partial charge in [-0.15, -0.1) is 0 Å². The lowest BCUT2D eigenvalue weighted by atomic mass is 10.1. The van der Waals surface area contributed by atoms with E-state index in [1.54, 1.807) is 19.1 Å². The van der Waals surface area contributed by atoms with E-state index in [0.29, 0.717) is 24.6 Å². The summed E-state index contributed by atoms with van der Waals surface area (Å²) >= 11 is 0. The number of carboxylic acids is 1. The second kappa shape index (κ2) is 11.4. The third kappa shape index (κ3) is 6.90. The minimum absolute atomic E-state index is 0.305. The highest BCUT2D eigenvalue weighted by Crippen LogP contribution is 2.30. The Morgan fingerprint density at radius 3 is 2.12 bits per heavy atom. The molecule has 0 aromatic heterocycles. The summed E-state index contributed by atoms with van der Waals surface area (Å²) in [5.74, 6) is 0.262. The number of benzene rings is 2. The predicted molar refractivity (Wildman–Crippen MR) is 124 cm³/mol. The highest BCUT2D eigenvalue weighted by molar-refractivity contribution is 5.85. The SMILES string of the molecule is COc1cc(CN(CCCCc2ccccc2)C(=O)NC(C)(C)C(=O)O)cc(OC)c1C. The number of aliphatic carboxylic acids is 1. The van der Waals surface area contributed by atoms with Crippen molar-refractivity contribution in [2.24, 2.45) is 0 Å². The fraction of sp³-hybridized carbons (Fsp3) is 0.440. The van der Waals surface area contributed by atoms with Crippen molar-refractivity contribution in [3.05, 3.63) is 59.2 Å². The first kappa shape index (κ1) is 25.0. The van der Waals surface area contributed by atoms with Gasteiger partial charge in [0.05, 0.1) is 14.2 Å². The van der Waals surface area contributed by atoms with Crippen LogP contribution in [-0.2, 0) is 17.8 Å². The number of urea groups is 1. The zero-order chi connectivity index (χ0) is 23.7. The van der Waals surface area contributed by atoms with Crippen molar-refractivity contribution in [1.29, 1.82) is 0 Å². The van der Waals surface area contributed by atoms with E-state index < -0.39 is 17.5 Å². The normalized spacial score (nSPS) is 11.0. The van der Waals surface area contributed by atoms with Gasteiger partial charge in [-0.25, -0.2) is 9.59 Å². The molecule has 2 aromatic carbocycles. The molecule has 0 saturated carbocycles. The molecule has 7 nitrogen and oxygen atoms in total. The third-order valence-electron chi connectivity index (χ3n) is 5.41. The van der Waals surface area contributed by atoms with Gasteiger partial charge in [0.1, 0.15) is 17.0 Å². The number of unbranched alkanes of at least 4 members (excludes halogenated alkanes) is 1. The van der Waals surface area contributed by atoms with Gasteiger partial charge in [-0.05, 0) is 63.3 Å². The van der Waals surface area contributed by atoms with E-state index in [9.17, 15) is 14.7 Å². The Morgan fingerprint density at radius 2 is 1.59 bits per heavy atom. The van der Waals surface area contributed by atoms with Crippen molar-refractivity contribution in [1.82, 2.24) is 10.2 Å². The topological polar surface area (TPSA) is 88.1 Å². The minimum Gasteiger partial charge on any atom is -0.496 e. The summed E-state index contributed by atoms with van der Waals surface area (Å²) in [6.07, 6.45) is 2.62. The van der Waals surface area contributed by atoms with Crippen LogP contribution in [0, 0.1) is 6.92 Å². The fourth-order valence-electron chi connectivity index (χ4n) is 3.38. The Kier molecular flexibility index (Phi) is 8.93. The van der Waals surface area contributed by atoms with Gasteiger partial charge in [-0.3, -0.25) is 0 Å². The van der Waals surface area contributed by atoms with Crippen LogP contribution in [0.3, 0.4) is 0 Å². The smallest absolute Gasteiger partial charge is 0.328 e. The summed E-state index contributed by atoms with van der Waals surface area (Å²) in [6, 6.07) is 13.5. The molecule has 0 spiro atoms. The molecule has 0 saturated heterocycles. The minimum atomic E-state index is -1.37. The quantitative estimate of drug-likeness (QED) is 0.503. The second-order valence-corrected chi connectivity index (χ2v) is 8.35. The summed E-state index contributed by atoms with van der Waals surface area (Å²) in [5.41, 5.74) is 1.60. The number of hydrogen-bond donors (Lipinski definition) is 2. The molecule has 0 aliphatic carbocycles. The maximum absolute atomic E-state index is 13.0. The first-order valence-corrected chi connectivity index (χ1v) is 10.7. The number of nitrogens with one attached hydrogen (secondary N) is 1. The van der Waals surface area contributed by atoms with E-state index in [-0.39, 0.29) is 0 Å². The third-order valence-corrected chi connectivity index (χ3v) is 5.41.